The highest BCUT2D eigenvalue weighted by molar-refractivity contribution is 5.84. The number of likely N-dealkylation sites (tertiary alicyclic amines) is 1. The topological polar surface area (TPSA) is 49.4 Å². The molecule has 4 heteroatoms. The van der Waals surface area contributed by atoms with Gasteiger partial charge in [-0.2, -0.15) is 0 Å². The Labute approximate surface area is 166 Å². The number of nitrogens with zero attached hydrogens (tertiary/aromatic N) is 1. The summed E-state index contributed by atoms with van der Waals surface area (Å²) in [6, 6.07) is 21.0. The molecule has 1 saturated heterocycles. The second-order valence-corrected chi connectivity index (χ2v) is 8.29. The van der Waals surface area contributed by atoms with Gasteiger partial charge in [-0.15, -0.1) is 0 Å². The number of carbonyl (C=O) groups excluding carboxylic acids is 2. The Morgan fingerprint density at radius 1 is 1.00 bits per heavy atom. The first kappa shape index (κ1) is 18.7. The first-order valence-corrected chi connectivity index (χ1v) is 10.3. The fourth-order valence-corrected chi connectivity index (χ4v) is 4.22. The van der Waals surface area contributed by atoms with Crippen molar-refractivity contribution in [3.8, 4) is 0 Å². The summed E-state index contributed by atoms with van der Waals surface area (Å²) in [6.45, 7) is 3.29. The van der Waals surface area contributed by atoms with Gasteiger partial charge in [-0.05, 0) is 37.3 Å². The second kappa shape index (κ2) is 7.78. The average Bonchev–Trinajstić information content (AvgIpc) is 3.58. The summed E-state index contributed by atoms with van der Waals surface area (Å²) in [4.78, 5) is 27.0. The molecule has 1 atom stereocenters. The van der Waals surface area contributed by atoms with Crippen LogP contribution in [0.15, 0.2) is 60.7 Å². The van der Waals surface area contributed by atoms with Crippen molar-refractivity contribution in [1.82, 2.24) is 10.2 Å². The number of rotatable bonds is 6. The number of hydrogen-bond donors (Lipinski definition) is 1. The lowest BCUT2D eigenvalue weighted by molar-refractivity contribution is -0.138. The van der Waals surface area contributed by atoms with Crippen LogP contribution in [0.2, 0.25) is 0 Å². The van der Waals surface area contributed by atoms with Crippen LogP contribution in [0.5, 0.6) is 0 Å². The molecule has 2 fully saturated rings. The Morgan fingerprint density at radius 3 is 2.11 bits per heavy atom. The van der Waals surface area contributed by atoms with E-state index in [0.717, 1.165) is 12.8 Å². The van der Waals surface area contributed by atoms with Crippen molar-refractivity contribution in [3.63, 3.8) is 0 Å². The summed E-state index contributed by atoms with van der Waals surface area (Å²) in [5.74, 6) is 0.176. The largest absolute Gasteiger partial charge is 0.355 e. The number of amides is 2. The molecule has 4 rings (SSSR count). The van der Waals surface area contributed by atoms with Crippen molar-refractivity contribution < 1.29 is 9.59 Å². The molecule has 1 heterocycles. The van der Waals surface area contributed by atoms with Crippen molar-refractivity contribution >= 4 is 11.8 Å². The minimum absolute atomic E-state index is 0.0660. The SMILES string of the molecule is CC(CNC(=O)[C@H]1CCC(=O)N(C2CC2)C1)(c1ccccc1)c1ccccc1. The summed E-state index contributed by atoms with van der Waals surface area (Å²) >= 11 is 0. The molecule has 0 spiro atoms. The summed E-state index contributed by atoms with van der Waals surface area (Å²) in [7, 11) is 0. The molecule has 28 heavy (non-hydrogen) atoms. The van der Waals surface area contributed by atoms with Crippen LogP contribution in [0.25, 0.3) is 0 Å². The number of hydrogen-bond acceptors (Lipinski definition) is 2. The normalized spacial score (nSPS) is 20.1. The molecular formula is C24H28N2O2. The lowest BCUT2D eigenvalue weighted by atomic mass is 9.76. The molecule has 1 saturated carbocycles. The fraction of sp³-hybridized carbons (Fsp3) is 0.417. The van der Waals surface area contributed by atoms with Gasteiger partial charge in [-0.25, -0.2) is 0 Å². The molecule has 2 aliphatic rings. The Kier molecular flexibility index (Phi) is 5.21. The van der Waals surface area contributed by atoms with Crippen molar-refractivity contribution in [2.24, 2.45) is 5.92 Å². The molecule has 2 amide bonds. The zero-order valence-electron chi connectivity index (χ0n) is 16.4. The van der Waals surface area contributed by atoms with Gasteiger partial charge in [0.05, 0.1) is 5.92 Å². The van der Waals surface area contributed by atoms with E-state index in [-0.39, 0.29) is 23.1 Å². The monoisotopic (exact) mass is 376 g/mol. The third-order valence-electron chi connectivity index (χ3n) is 6.24. The van der Waals surface area contributed by atoms with Crippen molar-refractivity contribution in [1.29, 1.82) is 0 Å². The fourth-order valence-electron chi connectivity index (χ4n) is 4.22. The maximum absolute atomic E-state index is 13.0. The van der Waals surface area contributed by atoms with Gasteiger partial charge >= 0.3 is 0 Å². The molecule has 146 valence electrons. The maximum Gasteiger partial charge on any atom is 0.224 e. The van der Waals surface area contributed by atoms with Crippen LogP contribution < -0.4 is 5.32 Å². The Hall–Kier alpha value is -2.62. The summed E-state index contributed by atoms with van der Waals surface area (Å²) in [5.41, 5.74) is 2.05. The zero-order valence-corrected chi connectivity index (χ0v) is 16.4. The van der Waals surface area contributed by atoms with E-state index in [2.05, 4.69) is 36.5 Å². The van der Waals surface area contributed by atoms with E-state index >= 15 is 0 Å². The molecule has 2 aromatic carbocycles. The van der Waals surface area contributed by atoms with Crippen molar-refractivity contribution in [3.05, 3.63) is 71.8 Å². The van der Waals surface area contributed by atoms with Gasteiger partial charge in [0.2, 0.25) is 11.8 Å². The first-order chi connectivity index (χ1) is 13.6. The Bertz CT molecular complexity index is 791. The summed E-state index contributed by atoms with van der Waals surface area (Å²) in [5, 5.41) is 3.21. The first-order valence-electron chi connectivity index (χ1n) is 10.3. The van der Waals surface area contributed by atoms with Crippen LogP contribution in [-0.2, 0) is 15.0 Å². The average molecular weight is 376 g/mol. The Balaban J connectivity index is 1.49. The van der Waals surface area contributed by atoms with E-state index in [4.69, 9.17) is 0 Å². The van der Waals surface area contributed by atoms with Gasteiger partial charge in [0.15, 0.2) is 0 Å². The molecule has 0 radical (unpaired) electrons. The third kappa shape index (κ3) is 3.82. The molecule has 1 N–H and O–H groups in total. The molecule has 2 aromatic rings. The lowest BCUT2D eigenvalue weighted by Crippen LogP contribution is -2.48. The third-order valence-corrected chi connectivity index (χ3v) is 6.24. The van der Waals surface area contributed by atoms with E-state index in [0.29, 0.717) is 32.0 Å². The number of carbonyl (C=O) groups is 2. The van der Waals surface area contributed by atoms with Gasteiger partial charge in [0.25, 0.3) is 0 Å². The highest BCUT2D eigenvalue weighted by atomic mass is 16.2. The van der Waals surface area contributed by atoms with Crippen LogP contribution in [0.4, 0.5) is 0 Å². The lowest BCUT2D eigenvalue weighted by Gasteiger charge is -2.34. The molecule has 1 aliphatic carbocycles. The van der Waals surface area contributed by atoms with Crippen LogP contribution >= 0.6 is 0 Å². The van der Waals surface area contributed by atoms with Crippen LogP contribution in [0, 0.1) is 5.92 Å². The predicted molar refractivity (Wildman–Crippen MR) is 110 cm³/mol. The number of piperidine rings is 1. The molecular weight excluding hydrogens is 348 g/mol. The van der Waals surface area contributed by atoms with Gasteiger partial charge in [-0.3, -0.25) is 9.59 Å². The van der Waals surface area contributed by atoms with Crippen LogP contribution in [0.1, 0.15) is 43.7 Å². The maximum atomic E-state index is 13.0. The van der Waals surface area contributed by atoms with Gasteiger partial charge in [0.1, 0.15) is 0 Å². The predicted octanol–water partition coefficient (Wildman–Crippen LogP) is 3.51. The second-order valence-electron chi connectivity index (χ2n) is 8.29. The van der Waals surface area contributed by atoms with Crippen molar-refractivity contribution in [2.75, 3.05) is 13.1 Å². The quantitative estimate of drug-likeness (QED) is 0.839. The van der Waals surface area contributed by atoms with E-state index in [1.807, 2.05) is 41.3 Å². The molecule has 0 unspecified atom stereocenters. The molecule has 0 bridgehead atoms. The summed E-state index contributed by atoms with van der Waals surface area (Å²) < 4.78 is 0. The van der Waals surface area contributed by atoms with E-state index < -0.39 is 0 Å². The van der Waals surface area contributed by atoms with Gasteiger partial charge in [-0.1, -0.05) is 60.7 Å². The zero-order chi connectivity index (χ0) is 19.6. The minimum atomic E-state index is -0.307. The molecule has 0 aromatic heterocycles. The van der Waals surface area contributed by atoms with Crippen molar-refractivity contribution in [2.45, 2.75) is 44.1 Å². The molecule has 4 nitrogen and oxygen atoms in total. The van der Waals surface area contributed by atoms with Gasteiger partial charge < -0.3 is 10.2 Å². The minimum Gasteiger partial charge on any atom is -0.355 e. The highest BCUT2D eigenvalue weighted by Crippen LogP contribution is 2.33. The van der Waals surface area contributed by atoms with Crippen LogP contribution in [0.3, 0.4) is 0 Å². The number of nitrogens with one attached hydrogen (secondary N) is 1. The number of benzene rings is 2. The van der Waals surface area contributed by atoms with Crippen LogP contribution in [-0.4, -0.2) is 35.8 Å². The smallest absolute Gasteiger partial charge is 0.224 e. The Morgan fingerprint density at radius 2 is 1.57 bits per heavy atom. The summed E-state index contributed by atoms with van der Waals surface area (Å²) in [6.07, 6.45) is 3.31. The van der Waals surface area contributed by atoms with E-state index in [9.17, 15) is 9.59 Å². The van der Waals surface area contributed by atoms with E-state index in [1.165, 1.54) is 11.1 Å². The highest BCUT2D eigenvalue weighted by Gasteiger charge is 2.39. The standard InChI is InChI=1S/C24H28N2O2/c1-24(19-8-4-2-5-9-19,20-10-6-3-7-11-20)17-25-23(28)18-12-15-22(27)26(16-18)21-13-14-21/h2-11,18,21H,12-17H2,1H3,(H,25,28)/t18-/m0/s1. The molecule has 1 aliphatic heterocycles. The van der Waals surface area contributed by atoms with Gasteiger partial charge in [0, 0.05) is 31.0 Å². The van der Waals surface area contributed by atoms with E-state index in [1.54, 1.807) is 0 Å².